The fourth-order valence-electron chi connectivity index (χ4n) is 3.08. The second-order valence-corrected chi connectivity index (χ2v) is 7.13. The van der Waals surface area contributed by atoms with Crippen LogP contribution in [0.15, 0.2) is 61.1 Å². The van der Waals surface area contributed by atoms with Crippen LogP contribution >= 0.6 is 23.2 Å². The predicted octanol–water partition coefficient (Wildman–Crippen LogP) is 5.64. The summed E-state index contributed by atoms with van der Waals surface area (Å²) in [6, 6.07) is 13.8. The van der Waals surface area contributed by atoms with E-state index in [1.54, 1.807) is 12.3 Å². The number of pyridine rings is 2. The van der Waals surface area contributed by atoms with Crippen molar-refractivity contribution in [3.8, 4) is 0 Å². The molecule has 1 aromatic carbocycles. The second-order valence-electron chi connectivity index (χ2n) is 6.28. The number of fused-ring (bicyclic) bond motifs is 1. The fraction of sp³-hybridized carbons (Fsp3) is 0.143. The lowest BCUT2D eigenvalue weighted by atomic mass is 10.0. The van der Waals surface area contributed by atoms with Crippen molar-refractivity contribution in [1.82, 2.24) is 15.0 Å². The van der Waals surface area contributed by atoms with E-state index in [1.165, 1.54) is 11.1 Å². The van der Waals surface area contributed by atoms with E-state index >= 15 is 0 Å². The summed E-state index contributed by atoms with van der Waals surface area (Å²) in [6.07, 6.45) is 8.25. The molecule has 0 atom stereocenters. The minimum atomic E-state index is 0.709. The molecule has 1 N–H and O–H groups in total. The number of hydrogen-bond acceptors (Lipinski definition) is 2. The van der Waals surface area contributed by atoms with Crippen molar-refractivity contribution < 1.29 is 0 Å². The number of rotatable bonds is 5. The summed E-state index contributed by atoms with van der Waals surface area (Å²) in [6.45, 7) is 0. The van der Waals surface area contributed by atoms with Gasteiger partial charge in [-0.15, -0.1) is 0 Å². The van der Waals surface area contributed by atoms with E-state index in [4.69, 9.17) is 23.2 Å². The van der Waals surface area contributed by atoms with E-state index in [-0.39, 0.29) is 0 Å². The van der Waals surface area contributed by atoms with Crippen LogP contribution < -0.4 is 0 Å². The first-order chi connectivity index (χ1) is 12.7. The lowest BCUT2D eigenvalue weighted by Crippen LogP contribution is -1.97. The van der Waals surface area contributed by atoms with Crippen molar-refractivity contribution in [3.63, 3.8) is 0 Å². The zero-order valence-electron chi connectivity index (χ0n) is 14.0. The van der Waals surface area contributed by atoms with Crippen LogP contribution in [-0.4, -0.2) is 15.0 Å². The molecular weight excluding hydrogens is 365 g/mol. The molecular formula is C21H17Cl2N3. The first-order valence-corrected chi connectivity index (χ1v) is 9.23. The monoisotopic (exact) mass is 381 g/mol. The zero-order chi connectivity index (χ0) is 17.9. The van der Waals surface area contributed by atoms with Crippen LogP contribution in [0.2, 0.25) is 10.0 Å². The average Bonchev–Trinajstić information content (AvgIpc) is 3.07. The number of aromatic nitrogens is 3. The summed E-state index contributed by atoms with van der Waals surface area (Å²) in [7, 11) is 0. The smallest absolute Gasteiger partial charge is 0.137 e. The van der Waals surface area contributed by atoms with Gasteiger partial charge in [0.2, 0.25) is 0 Å². The average molecular weight is 382 g/mol. The van der Waals surface area contributed by atoms with Crippen LogP contribution in [0.5, 0.6) is 0 Å². The first kappa shape index (κ1) is 17.1. The predicted molar refractivity (Wildman–Crippen MR) is 107 cm³/mol. The number of H-pyrrole nitrogens is 1. The molecule has 0 bridgehead atoms. The maximum atomic E-state index is 6.23. The van der Waals surface area contributed by atoms with Crippen molar-refractivity contribution in [3.05, 3.63) is 93.5 Å². The molecule has 0 unspecified atom stereocenters. The highest BCUT2D eigenvalue weighted by Crippen LogP contribution is 2.22. The Morgan fingerprint density at radius 1 is 0.923 bits per heavy atom. The van der Waals surface area contributed by atoms with E-state index in [0.29, 0.717) is 5.02 Å². The third-order valence-corrected chi connectivity index (χ3v) is 5.08. The number of nitrogens with one attached hydrogen (secondary N) is 1. The molecule has 0 saturated heterocycles. The highest BCUT2D eigenvalue weighted by Gasteiger charge is 2.06. The van der Waals surface area contributed by atoms with Gasteiger partial charge in [0, 0.05) is 46.1 Å². The molecule has 3 heterocycles. The Morgan fingerprint density at radius 3 is 2.69 bits per heavy atom. The molecule has 26 heavy (non-hydrogen) atoms. The Labute approximate surface area is 162 Å². The van der Waals surface area contributed by atoms with Crippen LogP contribution in [0.25, 0.3) is 11.0 Å². The van der Waals surface area contributed by atoms with Crippen molar-refractivity contribution >= 4 is 34.2 Å². The van der Waals surface area contributed by atoms with Crippen LogP contribution in [0.1, 0.15) is 22.4 Å². The largest absolute Gasteiger partial charge is 0.346 e. The number of aromatic amines is 1. The van der Waals surface area contributed by atoms with Crippen LogP contribution in [0.3, 0.4) is 0 Å². The molecule has 3 nitrogen and oxygen atoms in total. The summed E-state index contributed by atoms with van der Waals surface area (Å²) in [4.78, 5) is 12.2. The zero-order valence-corrected chi connectivity index (χ0v) is 15.6. The Balaban J connectivity index is 1.44. The van der Waals surface area contributed by atoms with Gasteiger partial charge < -0.3 is 4.98 Å². The normalized spacial score (nSPS) is 11.2. The van der Waals surface area contributed by atoms with E-state index < -0.39 is 0 Å². The minimum Gasteiger partial charge on any atom is -0.346 e. The lowest BCUT2D eigenvalue weighted by molar-refractivity contribution is 0.908. The number of nitrogens with zero attached hydrogens (tertiary/aromatic N) is 2. The summed E-state index contributed by atoms with van der Waals surface area (Å²) in [5, 5.41) is 2.62. The lowest BCUT2D eigenvalue weighted by Gasteiger charge is -2.06. The van der Waals surface area contributed by atoms with Crippen molar-refractivity contribution in [1.29, 1.82) is 0 Å². The molecule has 130 valence electrons. The fourth-order valence-corrected chi connectivity index (χ4v) is 3.49. The third kappa shape index (κ3) is 3.74. The molecule has 0 aliphatic carbocycles. The molecule has 0 radical (unpaired) electrons. The summed E-state index contributed by atoms with van der Waals surface area (Å²) in [5.74, 6) is 0. The highest BCUT2D eigenvalue weighted by atomic mass is 35.5. The Morgan fingerprint density at radius 2 is 1.85 bits per heavy atom. The first-order valence-electron chi connectivity index (χ1n) is 8.48. The van der Waals surface area contributed by atoms with Crippen molar-refractivity contribution in [2.45, 2.75) is 19.3 Å². The number of aryl methyl sites for hydroxylation is 2. The van der Waals surface area contributed by atoms with Gasteiger partial charge in [-0.2, -0.15) is 0 Å². The summed E-state index contributed by atoms with van der Waals surface area (Å²) >= 11 is 12.3. The molecule has 5 heteroatoms. The third-order valence-electron chi connectivity index (χ3n) is 4.48. The van der Waals surface area contributed by atoms with Gasteiger partial charge in [0.25, 0.3) is 0 Å². The standard InChI is InChI=1S/C21H17Cl2N3/c22-17-5-8-20(23)15(11-17)4-7-18-6-3-14(12-25-18)10-16-13-26-21-19(16)2-1-9-24-21/h1-3,5-6,8-9,11-13H,4,7,10H2,(H,24,26). The van der Waals surface area contributed by atoms with E-state index in [0.717, 1.165) is 46.6 Å². The molecule has 4 rings (SSSR count). The SMILES string of the molecule is Clc1ccc(Cl)c(CCc2ccc(Cc3c[nH]c4ncccc34)cn2)c1. The van der Waals surface area contributed by atoms with E-state index in [1.807, 2.05) is 30.6 Å². The maximum absolute atomic E-state index is 6.23. The Kier molecular flexibility index (Phi) is 4.91. The quantitative estimate of drug-likeness (QED) is 0.485. The van der Waals surface area contributed by atoms with Gasteiger partial charge in [-0.05, 0) is 65.9 Å². The summed E-state index contributed by atoms with van der Waals surface area (Å²) in [5.41, 5.74) is 5.43. The second kappa shape index (κ2) is 7.48. The highest BCUT2D eigenvalue weighted by molar-refractivity contribution is 6.33. The van der Waals surface area contributed by atoms with Gasteiger partial charge in [0.1, 0.15) is 5.65 Å². The van der Waals surface area contributed by atoms with Gasteiger partial charge in [0.15, 0.2) is 0 Å². The molecule has 4 aromatic rings. The molecule has 0 saturated carbocycles. The maximum Gasteiger partial charge on any atom is 0.137 e. The molecule has 0 spiro atoms. The van der Waals surface area contributed by atoms with Crippen molar-refractivity contribution in [2.75, 3.05) is 0 Å². The van der Waals surface area contributed by atoms with E-state index in [9.17, 15) is 0 Å². The van der Waals surface area contributed by atoms with Gasteiger partial charge in [-0.25, -0.2) is 4.98 Å². The molecule has 0 aliphatic heterocycles. The Bertz CT molecular complexity index is 1040. The topological polar surface area (TPSA) is 41.6 Å². The Hall–Kier alpha value is -2.36. The van der Waals surface area contributed by atoms with Crippen LogP contribution in [0, 0.1) is 0 Å². The summed E-state index contributed by atoms with van der Waals surface area (Å²) < 4.78 is 0. The molecule has 0 amide bonds. The van der Waals surface area contributed by atoms with Crippen molar-refractivity contribution in [2.24, 2.45) is 0 Å². The van der Waals surface area contributed by atoms with Crippen LogP contribution in [0.4, 0.5) is 0 Å². The van der Waals surface area contributed by atoms with Gasteiger partial charge in [-0.1, -0.05) is 29.3 Å². The molecule has 3 aromatic heterocycles. The van der Waals surface area contributed by atoms with Crippen LogP contribution in [-0.2, 0) is 19.3 Å². The molecule has 0 aliphatic rings. The minimum absolute atomic E-state index is 0.709. The number of halogens is 2. The van der Waals surface area contributed by atoms with Gasteiger partial charge >= 0.3 is 0 Å². The van der Waals surface area contributed by atoms with E-state index in [2.05, 4.69) is 33.2 Å². The number of benzene rings is 1. The number of hydrogen-bond donors (Lipinski definition) is 1. The van der Waals surface area contributed by atoms with Gasteiger partial charge in [-0.3, -0.25) is 4.98 Å². The molecule has 0 fully saturated rings. The van der Waals surface area contributed by atoms with Gasteiger partial charge in [0.05, 0.1) is 0 Å².